The number of amides is 4. The van der Waals surface area contributed by atoms with Gasteiger partial charge in [-0.15, -0.1) is 0 Å². The molecule has 4 aromatic carbocycles. The molecule has 2 aliphatic rings. The van der Waals surface area contributed by atoms with E-state index < -0.39 is 45.6 Å². The summed E-state index contributed by atoms with van der Waals surface area (Å²) < 4.78 is 0. The summed E-state index contributed by atoms with van der Waals surface area (Å²) >= 11 is 0. The first-order valence-electron chi connectivity index (χ1n) is 14.6. The molecule has 2 heterocycles. The Kier molecular flexibility index (Phi) is 7.75. The molecule has 0 saturated carbocycles. The van der Waals surface area contributed by atoms with Crippen molar-refractivity contribution in [1.82, 2.24) is 20.4 Å². The Labute approximate surface area is 261 Å². The van der Waals surface area contributed by atoms with Crippen LogP contribution in [0.25, 0.3) is 21.5 Å². The van der Waals surface area contributed by atoms with E-state index in [1.54, 1.807) is 50.2 Å². The SMILES string of the molecule is C[C@@H](CNCCNC[C@H](C)N1C(=O)c2cccc3cc([N+](=O)[O-])cc(c23)C1=O)N1C(=O)c2cccc3cc([N+](=O)[O-])cc(c23)C1=O. The number of benzene rings is 4. The van der Waals surface area contributed by atoms with Gasteiger partial charge in [0.05, 0.1) is 21.0 Å². The second-order valence-electron chi connectivity index (χ2n) is 11.4. The Morgan fingerprint density at radius 1 is 0.609 bits per heavy atom. The van der Waals surface area contributed by atoms with Crippen LogP contribution >= 0.6 is 0 Å². The fourth-order valence-corrected chi connectivity index (χ4v) is 6.21. The molecule has 2 atom stereocenters. The van der Waals surface area contributed by atoms with E-state index in [1.807, 2.05) is 0 Å². The van der Waals surface area contributed by atoms with Gasteiger partial charge in [-0.05, 0) is 36.8 Å². The van der Waals surface area contributed by atoms with Crippen LogP contribution in [-0.4, -0.2) is 81.5 Å². The summed E-state index contributed by atoms with van der Waals surface area (Å²) in [6.07, 6.45) is 0. The average molecular weight is 625 g/mol. The van der Waals surface area contributed by atoms with Gasteiger partial charge in [-0.25, -0.2) is 0 Å². The number of hydrogen-bond donors (Lipinski definition) is 2. The van der Waals surface area contributed by atoms with Crippen LogP contribution in [0.15, 0.2) is 60.7 Å². The monoisotopic (exact) mass is 624 g/mol. The molecule has 0 unspecified atom stereocenters. The summed E-state index contributed by atoms with van der Waals surface area (Å²) in [5.74, 6) is -2.15. The van der Waals surface area contributed by atoms with E-state index in [4.69, 9.17) is 0 Å². The van der Waals surface area contributed by atoms with E-state index in [9.17, 15) is 39.4 Å². The van der Waals surface area contributed by atoms with Gasteiger partial charge in [0, 0.05) is 84.4 Å². The highest BCUT2D eigenvalue weighted by Gasteiger charge is 2.38. The highest BCUT2D eigenvalue weighted by atomic mass is 16.6. The van der Waals surface area contributed by atoms with E-state index in [-0.39, 0.29) is 35.6 Å². The van der Waals surface area contributed by atoms with E-state index in [0.29, 0.717) is 45.8 Å². The maximum atomic E-state index is 13.4. The van der Waals surface area contributed by atoms with Gasteiger partial charge in [-0.1, -0.05) is 24.3 Å². The van der Waals surface area contributed by atoms with Crippen molar-refractivity contribution in [2.24, 2.45) is 0 Å². The zero-order valence-corrected chi connectivity index (χ0v) is 24.8. The standard InChI is InChI=1S/C32H28N6O8/c1-17(35-29(39)23-7-3-5-19-11-21(37(43)44)13-25(27(19)23)31(35)41)15-33-9-10-34-16-18(2)36-30(40)24-8-4-6-20-12-22(38(45)46)14-26(28(20)24)32(36)42/h3-8,11-14,17-18,33-34H,9-10,15-16H2,1-2H3/t17-,18-/m0/s1. The van der Waals surface area contributed by atoms with Crippen LogP contribution < -0.4 is 10.6 Å². The van der Waals surface area contributed by atoms with Crippen molar-refractivity contribution in [3.8, 4) is 0 Å². The van der Waals surface area contributed by atoms with Crippen LogP contribution in [0.2, 0.25) is 0 Å². The Hall–Kier alpha value is -5.60. The molecule has 0 bridgehead atoms. The molecule has 2 N–H and O–H groups in total. The number of nitrogens with one attached hydrogen (secondary N) is 2. The van der Waals surface area contributed by atoms with Gasteiger partial charge in [0.25, 0.3) is 35.0 Å². The summed E-state index contributed by atoms with van der Waals surface area (Å²) in [6, 6.07) is 13.7. The van der Waals surface area contributed by atoms with Crippen molar-refractivity contribution in [2.75, 3.05) is 26.2 Å². The van der Waals surface area contributed by atoms with Crippen LogP contribution in [-0.2, 0) is 0 Å². The molecule has 14 nitrogen and oxygen atoms in total. The number of nitro groups is 2. The van der Waals surface area contributed by atoms with Crippen LogP contribution in [0, 0.1) is 20.2 Å². The van der Waals surface area contributed by atoms with E-state index in [2.05, 4.69) is 10.6 Å². The average Bonchev–Trinajstić information content (AvgIpc) is 3.03. The lowest BCUT2D eigenvalue weighted by molar-refractivity contribution is -0.384. The molecule has 4 amide bonds. The highest BCUT2D eigenvalue weighted by Crippen LogP contribution is 2.35. The maximum absolute atomic E-state index is 13.4. The Morgan fingerprint density at radius 3 is 1.35 bits per heavy atom. The molecule has 0 saturated heterocycles. The fraction of sp³-hybridized carbons (Fsp3) is 0.250. The quantitative estimate of drug-likeness (QED) is 0.108. The second-order valence-corrected chi connectivity index (χ2v) is 11.4. The van der Waals surface area contributed by atoms with Crippen molar-refractivity contribution >= 4 is 56.5 Å². The van der Waals surface area contributed by atoms with Crippen molar-refractivity contribution in [3.05, 3.63) is 103 Å². The first-order valence-corrected chi connectivity index (χ1v) is 14.6. The minimum absolute atomic E-state index is 0.108. The Balaban J connectivity index is 1.06. The lowest BCUT2D eigenvalue weighted by atomic mass is 9.92. The molecule has 234 valence electrons. The summed E-state index contributed by atoms with van der Waals surface area (Å²) in [6.45, 7) is 4.74. The van der Waals surface area contributed by atoms with E-state index in [1.165, 1.54) is 24.3 Å². The number of nitrogens with zero attached hydrogens (tertiary/aromatic N) is 4. The van der Waals surface area contributed by atoms with Gasteiger partial charge >= 0.3 is 0 Å². The third-order valence-corrected chi connectivity index (χ3v) is 8.38. The number of nitro benzene ring substituents is 2. The molecule has 0 fully saturated rings. The molecular formula is C32H28N6O8. The van der Waals surface area contributed by atoms with Crippen molar-refractivity contribution < 1.29 is 29.0 Å². The van der Waals surface area contributed by atoms with E-state index in [0.717, 1.165) is 9.80 Å². The molecule has 46 heavy (non-hydrogen) atoms. The fourth-order valence-electron chi connectivity index (χ4n) is 6.21. The molecule has 2 aliphatic heterocycles. The summed E-state index contributed by atoms with van der Waals surface area (Å²) in [5.41, 5.74) is 0.363. The van der Waals surface area contributed by atoms with Gasteiger partial charge < -0.3 is 10.6 Å². The van der Waals surface area contributed by atoms with Crippen LogP contribution in [0.5, 0.6) is 0 Å². The van der Waals surface area contributed by atoms with Crippen LogP contribution in [0.3, 0.4) is 0 Å². The number of carbonyl (C=O) groups is 4. The predicted molar refractivity (Wildman–Crippen MR) is 167 cm³/mol. The molecule has 0 spiro atoms. The molecule has 0 aliphatic carbocycles. The lowest BCUT2D eigenvalue weighted by Crippen LogP contribution is -2.51. The minimum Gasteiger partial charge on any atom is -0.313 e. The summed E-state index contributed by atoms with van der Waals surface area (Å²) in [7, 11) is 0. The maximum Gasteiger partial charge on any atom is 0.270 e. The predicted octanol–water partition coefficient (Wildman–Crippen LogP) is 3.66. The Morgan fingerprint density at radius 2 is 0.978 bits per heavy atom. The van der Waals surface area contributed by atoms with Gasteiger partial charge in [-0.3, -0.25) is 49.2 Å². The molecule has 0 aromatic heterocycles. The van der Waals surface area contributed by atoms with Crippen molar-refractivity contribution in [3.63, 3.8) is 0 Å². The molecule has 0 radical (unpaired) electrons. The van der Waals surface area contributed by atoms with Gasteiger partial charge in [-0.2, -0.15) is 0 Å². The molecular weight excluding hydrogens is 596 g/mol. The number of hydrogen-bond acceptors (Lipinski definition) is 10. The topological polar surface area (TPSA) is 185 Å². The third kappa shape index (κ3) is 5.02. The first-order chi connectivity index (χ1) is 22.0. The zero-order chi connectivity index (χ0) is 32.9. The lowest BCUT2D eigenvalue weighted by Gasteiger charge is -2.32. The van der Waals surface area contributed by atoms with Crippen LogP contribution in [0.1, 0.15) is 55.3 Å². The number of carbonyl (C=O) groups excluding carboxylic acids is 4. The second kappa shape index (κ2) is 11.7. The normalized spacial score (nSPS) is 15.5. The van der Waals surface area contributed by atoms with E-state index >= 15 is 0 Å². The zero-order valence-electron chi connectivity index (χ0n) is 24.8. The van der Waals surface area contributed by atoms with Gasteiger partial charge in [0.15, 0.2) is 0 Å². The van der Waals surface area contributed by atoms with Gasteiger partial charge in [0.1, 0.15) is 0 Å². The van der Waals surface area contributed by atoms with Gasteiger partial charge in [0.2, 0.25) is 0 Å². The number of rotatable bonds is 11. The first kappa shape index (κ1) is 30.4. The minimum atomic E-state index is -0.600. The number of non-ortho nitro benzene ring substituents is 2. The van der Waals surface area contributed by atoms with Crippen LogP contribution in [0.4, 0.5) is 11.4 Å². The molecule has 6 rings (SSSR count). The number of imide groups is 2. The summed E-state index contributed by atoms with van der Waals surface area (Å²) in [4.78, 5) is 77.4. The van der Waals surface area contributed by atoms with Crippen molar-refractivity contribution in [2.45, 2.75) is 25.9 Å². The summed E-state index contributed by atoms with van der Waals surface area (Å²) in [5, 5.41) is 31.0. The van der Waals surface area contributed by atoms with Crippen molar-refractivity contribution in [1.29, 1.82) is 0 Å². The Bertz CT molecular complexity index is 1870. The third-order valence-electron chi connectivity index (χ3n) is 8.38. The molecule has 4 aromatic rings. The molecule has 14 heteroatoms. The smallest absolute Gasteiger partial charge is 0.270 e. The largest absolute Gasteiger partial charge is 0.313 e. The highest BCUT2D eigenvalue weighted by molar-refractivity contribution is 6.27.